The third-order valence-electron chi connectivity index (χ3n) is 4.51. The zero-order valence-corrected chi connectivity index (χ0v) is 16.7. The maximum atomic E-state index is 13.5. The summed E-state index contributed by atoms with van der Waals surface area (Å²) in [6.45, 7) is 1.91. The predicted molar refractivity (Wildman–Crippen MR) is 108 cm³/mol. The third-order valence-corrected chi connectivity index (χ3v) is 6.81. The van der Waals surface area contributed by atoms with Crippen LogP contribution in [0.25, 0.3) is 22.0 Å². The van der Waals surface area contributed by atoms with Crippen LogP contribution in [0.5, 0.6) is 0 Å². The van der Waals surface area contributed by atoms with Crippen molar-refractivity contribution >= 4 is 33.2 Å². The lowest BCUT2D eigenvalue weighted by Gasteiger charge is -2.07. The van der Waals surface area contributed by atoms with Crippen LogP contribution < -0.4 is 0 Å². The lowest BCUT2D eigenvalue weighted by molar-refractivity contribution is -0.133. The first kappa shape index (κ1) is 19.4. The molecule has 0 radical (unpaired) electrons. The summed E-state index contributed by atoms with van der Waals surface area (Å²) in [7, 11) is -1.65. The molecule has 0 saturated heterocycles. The van der Waals surface area contributed by atoms with Gasteiger partial charge in [0.2, 0.25) is 0 Å². The van der Waals surface area contributed by atoms with E-state index in [1.165, 1.54) is 27.7 Å². The van der Waals surface area contributed by atoms with Crippen molar-refractivity contribution in [2.45, 2.75) is 18.0 Å². The standard InChI is InChI=1S/C21H13F3N2OS2/c1-13-2-5-15(6-3-13)29(27)26-12-18(16-8-9-28-20(16)21(22,23)24)17-10-14(11-25)4-7-19(17)26/h2-10,12H,1H3. The zero-order chi connectivity index (χ0) is 20.8. The van der Waals surface area contributed by atoms with Crippen LogP contribution >= 0.6 is 11.3 Å². The number of nitrogens with zero attached hydrogens (tertiary/aromatic N) is 2. The number of aromatic nitrogens is 1. The summed E-state index contributed by atoms with van der Waals surface area (Å²) in [6, 6.07) is 15.2. The van der Waals surface area contributed by atoms with E-state index in [1.54, 1.807) is 24.3 Å². The van der Waals surface area contributed by atoms with Crippen LogP contribution in [-0.4, -0.2) is 8.18 Å². The molecular formula is C21H13F3N2OS2. The molecular weight excluding hydrogens is 417 g/mol. The Bertz CT molecular complexity index is 1280. The van der Waals surface area contributed by atoms with Crippen LogP contribution in [0.1, 0.15) is 16.0 Å². The molecule has 0 aliphatic carbocycles. The fraction of sp³-hybridized carbons (Fsp3) is 0.0952. The quantitative estimate of drug-likeness (QED) is 0.392. The molecule has 0 bridgehead atoms. The Morgan fingerprint density at radius 2 is 1.79 bits per heavy atom. The van der Waals surface area contributed by atoms with Gasteiger partial charge in [-0.1, -0.05) is 17.7 Å². The van der Waals surface area contributed by atoms with Gasteiger partial charge in [0.05, 0.1) is 22.0 Å². The van der Waals surface area contributed by atoms with Gasteiger partial charge in [0, 0.05) is 22.7 Å². The highest BCUT2D eigenvalue weighted by Gasteiger charge is 2.36. The molecule has 2 heterocycles. The summed E-state index contributed by atoms with van der Waals surface area (Å²) in [5.41, 5.74) is 2.14. The van der Waals surface area contributed by atoms with Crippen molar-refractivity contribution in [3.8, 4) is 17.2 Å². The predicted octanol–water partition coefficient (Wildman–Crippen LogP) is 6.14. The van der Waals surface area contributed by atoms with Crippen molar-refractivity contribution in [2.75, 3.05) is 0 Å². The number of halogens is 3. The van der Waals surface area contributed by atoms with Crippen molar-refractivity contribution in [1.29, 1.82) is 5.26 Å². The summed E-state index contributed by atoms with van der Waals surface area (Å²) in [5, 5.41) is 11.1. The van der Waals surface area contributed by atoms with E-state index < -0.39 is 22.0 Å². The molecule has 2 aromatic carbocycles. The van der Waals surface area contributed by atoms with Crippen LogP contribution in [-0.2, 0) is 17.2 Å². The molecule has 1 atom stereocenters. The third kappa shape index (κ3) is 3.48. The smallest absolute Gasteiger partial charge is 0.262 e. The number of alkyl halides is 3. The van der Waals surface area contributed by atoms with E-state index in [0.717, 1.165) is 5.56 Å². The normalized spacial score (nSPS) is 12.8. The number of hydrogen-bond donors (Lipinski definition) is 0. The van der Waals surface area contributed by atoms with Gasteiger partial charge in [-0.3, -0.25) is 3.97 Å². The molecule has 8 heteroatoms. The molecule has 0 aliphatic rings. The minimum atomic E-state index is -4.50. The van der Waals surface area contributed by atoms with Gasteiger partial charge in [0.15, 0.2) is 11.0 Å². The van der Waals surface area contributed by atoms with E-state index in [2.05, 4.69) is 0 Å². The molecule has 3 nitrogen and oxygen atoms in total. The van der Waals surface area contributed by atoms with Gasteiger partial charge in [0.25, 0.3) is 0 Å². The summed E-state index contributed by atoms with van der Waals surface area (Å²) >= 11 is 0.610. The zero-order valence-electron chi connectivity index (χ0n) is 15.0. The van der Waals surface area contributed by atoms with E-state index >= 15 is 0 Å². The van der Waals surface area contributed by atoms with Crippen molar-refractivity contribution < 1.29 is 17.4 Å². The minimum Gasteiger partial charge on any atom is -0.262 e. The molecule has 0 aliphatic heterocycles. The highest BCUT2D eigenvalue weighted by Crippen LogP contribution is 2.43. The minimum absolute atomic E-state index is 0.0160. The first-order valence-corrected chi connectivity index (χ1v) is 10.5. The molecule has 0 fully saturated rings. The van der Waals surface area contributed by atoms with E-state index in [-0.39, 0.29) is 5.56 Å². The van der Waals surface area contributed by atoms with E-state index in [1.807, 2.05) is 25.1 Å². The second-order valence-electron chi connectivity index (χ2n) is 6.44. The van der Waals surface area contributed by atoms with E-state index in [9.17, 15) is 22.6 Å². The van der Waals surface area contributed by atoms with Crippen LogP contribution in [0.15, 0.2) is 65.0 Å². The number of nitriles is 1. The van der Waals surface area contributed by atoms with Crippen LogP contribution in [0, 0.1) is 18.3 Å². The molecule has 0 spiro atoms. The SMILES string of the molecule is Cc1ccc(S(=O)n2cc(-c3ccsc3C(F)(F)F)c3cc(C#N)ccc32)cc1. The molecule has 0 saturated carbocycles. The van der Waals surface area contributed by atoms with Gasteiger partial charge in [-0.15, -0.1) is 11.3 Å². The molecule has 0 N–H and O–H groups in total. The van der Waals surface area contributed by atoms with E-state index in [0.29, 0.717) is 38.3 Å². The largest absolute Gasteiger partial charge is 0.426 e. The highest BCUT2D eigenvalue weighted by molar-refractivity contribution is 7.83. The summed E-state index contributed by atoms with van der Waals surface area (Å²) < 4.78 is 55.0. The molecule has 4 aromatic rings. The number of fused-ring (bicyclic) bond motifs is 1. The molecule has 146 valence electrons. The van der Waals surface area contributed by atoms with Gasteiger partial charge < -0.3 is 0 Å². The average Bonchev–Trinajstić information content (AvgIpc) is 3.32. The van der Waals surface area contributed by atoms with E-state index in [4.69, 9.17) is 0 Å². The second kappa shape index (κ2) is 7.17. The topological polar surface area (TPSA) is 45.8 Å². The molecule has 29 heavy (non-hydrogen) atoms. The van der Waals surface area contributed by atoms with Crippen molar-refractivity contribution in [2.24, 2.45) is 0 Å². The van der Waals surface area contributed by atoms with Crippen LogP contribution in [0.3, 0.4) is 0 Å². The van der Waals surface area contributed by atoms with Crippen LogP contribution in [0.4, 0.5) is 13.2 Å². The summed E-state index contributed by atoms with van der Waals surface area (Å²) in [4.78, 5) is -0.190. The van der Waals surface area contributed by atoms with Crippen molar-refractivity contribution in [1.82, 2.24) is 3.97 Å². The highest BCUT2D eigenvalue weighted by atomic mass is 32.2. The maximum absolute atomic E-state index is 13.5. The fourth-order valence-electron chi connectivity index (χ4n) is 3.13. The number of hydrogen-bond acceptors (Lipinski definition) is 3. The van der Waals surface area contributed by atoms with Gasteiger partial charge >= 0.3 is 6.18 Å². The first-order chi connectivity index (χ1) is 13.8. The van der Waals surface area contributed by atoms with Gasteiger partial charge in [0.1, 0.15) is 4.88 Å². The number of benzene rings is 2. The molecule has 1 unspecified atom stereocenters. The monoisotopic (exact) mass is 430 g/mol. The summed E-state index contributed by atoms with van der Waals surface area (Å²) in [5.74, 6) is 0. The summed E-state index contributed by atoms with van der Waals surface area (Å²) in [6.07, 6.45) is -3.03. The lowest BCUT2D eigenvalue weighted by atomic mass is 10.0. The Hall–Kier alpha value is -2.89. The van der Waals surface area contributed by atoms with Gasteiger partial charge in [-0.05, 0) is 48.7 Å². The molecule has 0 amide bonds. The van der Waals surface area contributed by atoms with Gasteiger partial charge in [-0.25, -0.2) is 4.21 Å². The number of thiophene rings is 1. The Morgan fingerprint density at radius 1 is 1.07 bits per heavy atom. The Labute approximate surface area is 171 Å². The Kier molecular flexibility index (Phi) is 4.81. The Morgan fingerprint density at radius 3 is 2.45 bits per heavy atom. The number of aryl methyl sites for hydroxylation is 1. The average molecular weight is 430 g/mol. The van der Waals surface area contributed by atoms with Crippen molar-refractivity contribution in [3.05, 3.63) is 76.1 Å². The second-order valence-corrected chi connectivity index (χ2v) is 8.71. The van der Waals surface area contributed by atoms with Gasteiger partial charge in [-0.2, -0.15) is 18.4 Å². The maximum Gasteiger partial charge on any atom is 0.426 e. The fourth-order valence-corrected chi connectivity index (χ4v) is 5.04. The molecule has 2 aromatic heterocycles. The lowest BCUT2D eigenvalue weighted by Crippen LogP contribution is -2.04. The first-order valence-electron chi connectivity index (χ1n) is 8.49. The van der Waals surface area contributed by atoms with Crippen LogP contribution in [0.2, 0.25) is 0 Å². The Balaban J connectivity index is 1.97. The molecule has 4 rings (SSSR count). The number of rotatable bonds is 3. The van der Waals surface area contributed by atoms with Crippen molar-refractivity contribution in [3.63, 3.8) is 0 Å².